The average molecular weight is 311 g/mol. The lowest BCUT2D eigenvalue weighted by Crippen LogP contribution is -2.32. The van der Waals surface area contributed by atoms with Crippen LogP contribution in [0.4, 0.5) is 5.69 Å². The molecule has 0 aromatic heterocycles. The van der Waals surface area contributed by atoms with Gasteiger partial charge in [0, 0.05) is 6.04 Å². The normalized spacial score (nSPS) is 18.8. The molecule has 1 aliphatic rings. The topological polar surface area (TPSA) is 55.4 Å². The molecule has 1 aliphatic heterocycles. The third kappa shape index (κ3) is 3.70. The van der Waals surface area contributed by atoms with Crippen LogP contribution in [0, 0.1) is 0 Å². The average Bonchev–Trinajstić information content (AvgIpc) is 2.37. The number of ether oxygens (including phenoxy) is 1. The molecule has 118 valence electrons. The summed E-state index contributed by atoms with van der Waals surface area (Å²) in [7, 11) is -3.15. The highest BCUT2D eigenvalue weighted by Gasteiger charge is 2.28. The monoisotopic (exact) mass is 311 g/mol. The molecule has 4 nitrogen and oxygen atoms in total. The second-order valence-corrected chi connectivity index (χ2v) is 9.52. The zero-order valence-corrected chi connectivity index (χ0v) is 14.1. The second-order valence-electron chi connectivity index (χ2n) is 6.65. The van der Waals surface area contributed by atoms with Crippen molar-refractivity contribution in [3.05, 3.63) is 23.8 Å². The van der Waals surface area contributed by atoms with Crippen molar-refractivity contribution in [2.75, 3.05) is 17.7 Å². The summed E-state index contributed by atoms with van der Waals surface area (Å²) in [6, 6.07) is 6.37. The number of anilines is 1. The van der Waals surface area contributed by atoms with Gasteiger partial charge in [0.2, 0.25) is 0 Å². The molecule has 0 radical (unpaired) electrons. The van der Waals surface area contributed by atoms with Crippen molar-refractivity contribution in [3.63, 3.8) is 0 Å². The van der Waals surface area contributed by atoms with Gasteiger partial charge >= 0.3 is 0 Å². The van der Waals surface area contributed by atoms with Crippen LogP contribution in [0.2, 0.25) is 0 Å². The van der Waals surface area contributed by atoms with Crippen LogP contribution in [-0.4, -0.2) is 31.6 Å². The summed E-state index contributed by atoms with van der Waals surface area (Å²) in [5.74, 6) is 0.790. The van der Waals surface area contributed by atoms with Crippen LogP contribution in [-0.2, 0) is 16.3 Å². The van der Waals surface area contributed by atoms with Crippen molar-refractivity contribution in [1.29, 1.82) is 0 Å². The van der Waals surface area contributed by atoms with E-state index < -0.39 is 14.6 Å². The molecular formula is C16H25NO3S. The smallest absolute Gasteiger partial charge is 0.158 e. The molecule has 1 atom stereocenters. The third-order valence-corrected chi connectivity index (χ3v) is 6.46. The molecule has 2 rings (SSSR count). The lowest BCUT2D eigenvalue weighted by atomic mass is 9.98. The second kappa shape index (κ2) is 5.87. The number of hydrogen-bond acceptors (Lipinski definition) is 4. The van der Waals surface area contributed by atoms with E-state index in [1.165, 1.54) is 5.56 Å². The number of rotatable bonds is 4. The Labute approximate surface area is 127 Å². The van der Waals surface area contributed by atoms with Crippen molar-refractivity contribution < 1.29 is 13.2 Å². The molecule has 0 spiro atoms. The predicted octanol–water partition coefficient (Wildman–Crippen LogP) is 3.03. The van der Waals surface area contributed by atoms with Gasteiger partial charge in [-0.3, -0.25) is 0 Å². The Morgan fingerprint density at radius 1 is 1.33 bits per heavy atom. The predicted molar refractivity (Wildman–Crippen MR) is 86.9 cm³/mol. The summed E-state index contributed by atoms with van der Waals surface area (Å²) >= 11 is 0. The Hall–Kier alpha value is -1.23. The van der Waals surface area contributed by atoms with E-state index in [1.807, 2.05) is 12.1 Å². The summed E-state index contributed by atoms with van der Waals surface area (Å²) in [4.78, 5) is 0. The van der Waals surface area contributed by atoms with Crippen molar-refractivity contribution >= 4 is 15.5 Å². The maximum Gasteiger partial charge on any atom is 0.158 e. The minimum atomic E-state index is -3.15. The van der Waals surface area contributed by atoms with Crippen molar-refractivity contribution in [1.82, 2.24) is 0 Å². The number of nitrogens with one attached hydrogen (secondary N) is 1. The number of para-hydroxylation sites is 1. The van der Waals surface area contributed by atoms with Gasteiger partial charge in [-0.05, 0) is 52.2 Å². The van der Waals surface area contributed by atoms with Gasteiger partial charge in [0.15, 0.2) is 9.84 Å². The summed E-state index contributed by atoms with van der Waals surface area (Å²) < 4.78 is 29.2. The molecule has 21 heavy (non-hydrogen) atoms. The van der Waals surface area contributed by atoms with E-state index in [4.69, 9.17) is 4.74 Å². The van der Waals surface area contributed by atoms with Gasteiger partial charge in [-0.25, -0.2) is 8.42 Å². The van der Waals surface area contributed by atoms with E-state index in [9.17, 15) is 8.42 Å². The van der Waals surface area contributed by atoms with E-state index in [-0.39, 0.29) is 12.4 Å². The highest BCUT2D eigenvalue weighted by molar-refractivity contribution is 7.92. The third-order valence-electron chi connectivity index (χ3n) is 3.89. The zero-order valence-electron chi connectivity index (χ0n) is 13.3. The molecule has 0 amide bonds. The molecule has 0 aliphatic carbocycles. The van der Waals surface area contributed by atoms with Gasteiger partial charge in [-0.2, -0.15) is 0 Å². The van der Waals surface area contributed by atoms with Crippen LogP contribution < -0.4 is 10.1 Å². The first-order valence-electron chi connectivity index (χ1n) is 7.44. The van der Waals surface area contributed by atoms with E-state index in [2.05, 4.69) is 18.3 Å². The van der Waals surface area contributed by atoms with Crippen LogP contribution in [0.25, 0.3) is 0 Å². The minimum absolute atomic E-state index is 0.0374. The summed E-state index contributed by atoms with van der Waals surface area (Å²) in [6.07, 6.45) is 2.13. The lowest BCUT2D eigenvalue weighted by molar-refractivity contribution is 0.340. The zero-order chi connectivity index (χ0) is 15.7. The fourth-order valence-corrected chi connectivity index (χ4v) is 3.24. The highest BCUT2D eigenvalue weighted by atomic mass is 32.2. The van der Waals surface area contributed by atoms with Crippen LogP contribution >= 0.6 is 0 Å². The molecule has 1 N–H and O–H groups in total. The van der Waals surface area contributed by atoms with Gasteiger partial charge in [0.25, 0.3) is 0 Å². The lowest BCUT2D eigenvalue weighted by Gasteiger charge is -2.26. The quantitative estimate of drug-likeness (QED) is 0.928. The summed E-state index contributed by atoms with van der Waals surface area (Å²) in [5, 5.41) is 3.43. The summed E-state index contributed by atoms with van der Waals surface area (Å²) in [5.41, 5.74) is 2.26. The molecular weight excluding hydrogens is 286 g/mol. The fraction of sp³-hybridized carbons (Fsp3) is 0.625. The Morgan fingerprint density at radius 3 is 2.71 bits per heavy atom. The molecule has 0 saturated carbocycles. The SMILES string of the molecule is CC1CCc2cccc(OCCS(=O)(=O)C(C)(C)C)c2N1. The van der Waals surface area contributed by atoms with Gasteiger partial charge in [-0.1, -0.05) is 12.1 Å². The van der Waals surface area contributed by atoms with Crippen LogP contribution in [0.15, 0.2) is 18.2 Å². The number of benzene rings is 1. The maximum absolute atomic E-state index is 12.1. The Balaban J connectivity index is 2.05. The van der Waals surface area contributed by atoms with E-state index >= 15 is 0 Å². The van der Waals surface area contributed by atoms with Gasteiger partial charge in [0.05, 0.1) is 16.2 Å². The Morgan fingerprint density at radius 2 is 2.05 bits per heavy atom. The number of sulfone groups is 1. The first-order chi connectivity index (χ1) is 9.71. The van der Waals surface area contributed by atoms with Crippen molar-refractivity contribution in [3.8, 4) is 5.75 Å². The molecule has 0 saturated heterocycles. The molecule has 0 bridgehead atoms. The number of fused-ring (bicyclic) bond motifs is 1. The molecule has 1 aromatic rings. The van der Waals surface area contributed by atoms with Gasteiger partial charge < -0.3 is 10.1 Å². The van der Waals surface area contributed by atoms with E-state index in [0.717, 1.165) is 24.3 Å². The molecule has 0 fully saturated rings. The van der Waals surface area contributed by atoms with Crippen molar-refractivity contribution in [2.24, 2.45) is 0 Å². The number of aryl methyl sites for hydroxylation is 1. The standard InChI is InChI=1S/C16H25NO3S/c1-12-8-9-13-6-5-7-14(15(13)17-12)20-10-11-21(18,19)16(2,3)4/h5-7,12,17H,8-11H2,1-4H3. The van der Waals surface area contributed by atoms with E-state index in [1.54, 1.807) is 20.8 Å². The first-order valence-corrected chi connectivity index (χ1v) is 9.09. The van der Waals surface area contributed by atoms with Crippen LogP contribution in [0.5, 0.6) is 5.75 Å². The highest BCUT2D eigenvalue weighted by Crippen LogP contribution is 2.33. The van der Waals surface area contributed by atoms with Crippen LogP contribution in [0.3, 0.4) is 0 Å². The molecule has 5 heteroatoms. The fourth-order valence-electron chi connectivity index (χ4n) is 2.33. The largest absolute Gasteiger partial charge is 0.490 e. The van der Waals surface area contributed by atoms with Gasteiger partial charge in [-0.15, -0.1) is 0 Å². The van der Waals surface area contributed by atoms with Crippen molar-refractivity contribution in [2.45, 2.75) is 51.3 Å². The first kappa shape index (κ1) is 16.1. The number of hydrogen-bond donors (Lipinski definition) is 1. The minimum Gasteiger partial charge on any atom is -0.490 e. The molecule has 1 aromatic carbocycles. The molecule has 1 unspecified atom stereocenters. The molecule has 1 heterocycles. The Bertz CT molecular complexity index is 602. The maximum atomic E-state index is 12.1. The van der Waals surface area contributed by atoms with Crippen LogP contribution in [0.1, 0.15) is 39.7 Å². The Kier molecular flexibility index (Phi) is 4.51. The summed E-state index contributed by atoms with van der Waals surface area (Å²) in [6.45, 7) is 7.48. The van der Waals surface area contributed by atoms with E-state index in [0.29, 0.717) is 6.04 Å². The van der Waals surface area contributed by atoms with Gasteiger partial charge in [0.1, 0.15) is 12.4 Å².